The van der Waals surface area contributed by atoms with Crippen LogP contribution in [0.2, 0.25) is 0 Å². The first-order chi connectivity index (χ1) is 7.19. The van der Waals surface area contributed by atoms with Crippen molar-refractivity contribution in [3.8, 4) is 5.75 Å². The molecule has 0 aliphatic heterocycles. The van der Waals surface area contributed by atoms with Crippen LogP contribution >= 0.6 is 31.9 Å². The molecular weight excluding hydrogens is 329 g/mol. The van der Waals surface area contributed by atoms with Crippen molar-refractivity contribution >= 4 is 31.9 Å². The fraction of sp³-hybridized carbons (Fsp3) is 0.400. The molecule has 0 atom stereocenters. The van der Waals surface area contributed by atoms with Crippen molar-refractivity contribution in [3.05, 3.63) is 26.6 Å². The van der Waals surface area contributed by atoms with E-state index >= 15 is 0 Å². The number of hydrogen-bond acceptors (Lipinski definition) is 2. The summed E-state index contributed by atoms with van der Waals surface area (Å²) >= 11 is 6.79. The minimum absolute atomic E-state index is 0.0720. The molecule has 0 saturated heterocycles. The summed E-state index contributed by atoms with van der Waals surface area (Å²) in [5.41, 5.74) is 1.13. The van der Waals surface area contributed by atoms with E-state index in [4.69, 9.17) is 4.74 Å². The Hall–Kier alpha value is -0.130. The summed E-state index contributed by atoms with van der Waals surface area (Å²) in [7, 11) is 1.88. The zero-order chi connectivity index (χ0) is 11.3. The van der Waals surface area contributed by atoms with E-state index in [1.165, 1.54) is 0 Å². The molecule has 0 radical (unpaired) electrons. The Morgan fingerprint density at radius 1 is 1.33 bits per heavy atom. The third kappa shape index (κ3) is 3.74. The molecule has 0 saturated carbocycles. The van der Waals surface area contributed by atoms with Crippen LogP contribution in [0.1, 0.15) is 5.56 Å². The van der Waals surface area contributed by atoms with Gasteiger partial charge in [0.15, 0.2) is 0 Å². The summed E-state index contributed by atoms with van der Waals surface area (Å²) in [4.78, 5) is 0. The predicted octanol–water partition coefficient (Wildman–Crippen LogP) is 3.28. The van der Waals surface area contributed by atoms with Gasteiger partial charge >= 0.3 is 0 Å². The van der Waals surface area contributed by atoms with E-state index in [9.17, 15) is 4.39 Å². The number of hydrogen-bond donors (Lipinski definition) is 1. The molecule has 5 heteroatoms. The fourth-order valence-corrected chi connectivity index (χ4v) is 2.71. The lowest BCUT2D eigenvalue weighted by molar-refractivity contribution is 0.270. The molecular formula is C10H12Br2FNO. The third-order valence-corrected chi connectivity index (χ3v) is 2.94. The van der Waals surface area contributed by atoms with Crippen LogP contribution in [-0.2, 0) is 6.54 Å². The van der Waals surface area contributed by atoms with Gasteiger partial charge in [0.25, 0.3) is 0 Å². The van der Waals surface area contributed by atoms with Gasteiger partial charge in [-0.1, -0.05) is 0 Å². The van der Waals surface area contributed by atoms with Crippen LogP contribution in [0.3, 0.4) is 0 Å². The van der Waals surface area contributed by atoms with Gasteiger partial charge in [-0.15, -0.1) is 0 Å². The van der Waals surface area contributed by atoms with Gasteiger partial charge in [0.1, 0.15) is 19.0 Å². The van der Waals surface area contributed by atoms with E-state index in [0.29, 0.717) is 5.75 Å². The Kier molecular flexibility index (Phi) is 5.56. The zero-order valence-corrected chi connectivity index (χ0v) is 11.5. The highest BCUT2D eigenvalue weighted by Gasteiger charge is 2.08. The maximum atomic E-state index is 12.0. The van der Waals surface area contributed by atoms with Gasteiger partial charge in [0, 0.05) is 6.54 Å². The number of rotatable bonds is 5. The van der Waals surface area contributed by atoms with Gasteiger partial charge < -0.3 is 10.1 Å². The van der Waals surface area contributed by atoms with Gasteiger partial charge in [-0.25, -0.2) is 4.39 Å². The van der Waals surface area contributed by atoms with E-state index < -0.39 is 6.67 Å². The molecule has 0 fully saturated rings. The Bertz CT molecular complexity index is 310. The standard InChI is InChI=1S/C10H12Br2FNO/c1-14-6-7-4-8(11)10(9(12)5-7)15-3-2-13/h4-5,14H,2-3,6H2,1H3. The van der Waals surface area contributed by atoms with Crippen molar-refractivity contribution in [2.45, 2.75) is 6.54 Å². The molecule has 0 spiro atoms. The molecule has 0 heterocycles. The van der Waals surface area contributed by atoms with Gasteiger partial charge in [0.2, 0.25) is 0 Å². The maximum Gasteiger partial charge on any atom is 0.147 e. The SMILES string of the molecule is CNCc1cc(Br)c(OCCF)c(Br)c1. The van der Waals surface area contributed by atoms with Crippen molar-refractivity contribution in [1.29, 1.82) is 0 Å². The summed E-state index contributed by atoms with van der Waals surface area (Å²) in [6.07, 6.45) is 0. The average molecular weight is 341 g/mol. The topological polar surface area (TPSA) is 21.3 Å². The Balaban J connectivity index is 2.88. The second-order valence-corrected chi connectivity index (χ2v) is 4.67. The van der Waals surface area contributed by atoms with E-state index in [1.54, 1.807) is 0 Å². The normalized spacial score (nSPS) is 10.4. The fourth-order valence-electron chi connectivity index (χ4n) is 1.20. The largest absolute Gasteiger partial charge is 0.488 e. The van der Waals surface area contributed by atoms with Crippen molar-refractivity contribution < 1.29 is 9.13 Å². The van der Waals surface area contributed by atoms with Crippen LogP contribution < -0.4 is 10.1 Å². The molecule has 0 aromatic heterocycles. The molecule has 1 rings (SSSR count). The molecule has 1 aromatic carbocycles. The molecule has 0 aliphatic carbocycles. The molecule has 0 amide bonds. The van der Waals surface area contributed by atoms with Crippen molar-refractivity contribution in [1.82, 2.24) is 5.32 Å². The first-order valence-electron chi connectivity index (χ1n) is 4.50. The summed E-state index contributed by atoms with van der Waals surface area (Å²) in [6, 6.07) is 3.91. The second-order valence-electron chi connectivity index (χ2n) is 2.96. The maximum absolute atomic E-state index is 12.0. The van der Waals surface area contributed by atoms with Crippen LogP contribution in [0.25, 0.3) is 0 Å². The molecule has 2 nitrogen and oxygen atoms in total. The van der Waals surface area contributed by atoms with Crippen LogP contribution in [0.5, 0.6) is 5.75 Å². The number of alkyl halides is 1. The minimum Gasteiger partial charge on any atom is -0.488 e. The van der Waals surface area contributed by atoms with E-state index in [0.717, 1.165) is 21.1 Å². The van der Waals surface area contributed by atoms with Crippen LogP contribution in [-0.4, -0.2) is 20.3 Å². The molecule has 1 aromatic rings. The molecule has 15 heavy (non-hydrogen) atoms. The van der Waals surface area contributed by atoms with Gasteiger partial charge in [0.05, 0.1) is 8.95 Å². The van der Waals surface area contributed by atoms with Crippen LogP contribution in [0.15, 0.2) is 21.1 Å². The average Bonchev–Trinajstić information content (AvgIpc) is 2.17. The summed E-state index contributed by atoms with van der Waals surface area (Å²) in [6.45, 7) is 0.361. The van der Waals surface area contributed by atoms with Crippen molar-refractivity contribution in [2.75, 3.05) is 20.3 Å². The minimum atomic E-state index is -0.489. The van der Waals surface area contributed by atoms with Gasteiger partial charge in [-0.2, -0.15) is 0 Å². The smallest absolute Gasteiger partial charge is 0.147 e. The van der Waals surface area contributed by atoms with Crippen molar-refractivity contribution in [3.63, 3.8) is 0 Å². The summed E-state index contributed by atoms with van der Waals surface area (Å²) in [5, 5.41) is 3.06. The molecule has 0 bridgehead atoms. The van der Waals surface area contributed by atoms with E-state index in [2.05, 4.69) is 37.2 Å². The third-order valence-electron chi connectivity index (χ3n) is 1.76. The predicted molar refractivity (Wildman–Crippen MR) is 66.1 cm³/mol. The summed E-state index contributed by atoms with van der Waals surface area (Å²) in [5.74, 6) is 0.646. The van der Waals surface area contributed by atoms with Gasteiger partial charge in [-0.3, -0.25) is 0 Å². The molecule has 84 valence electrons. The van der Waals surface area contributed by atoms with E-state index in [1.807, 2.05) is 19.2 Å². The first-order valence-corrected chi connectivity index (χ1v) is 6.09. The lowest BCUT2D eigenvalue weighted by Gasteiger charge is -2.10. The number of halogens is 3. The molecule has 0 aliphatic rings. The highest BCUT2D eigenvalue weighted by atomic mass is 79.9. The van der Waals surface area contributed by atoms with Gasteiger partial charge in [-0.05, 0) is 56.6 Å². The quantitative estimate of drug-likeness (QED) is 0.888. The van der Waals surface area contributed by atoms with E-state index in [-0.39, 0.29) is 6.61 Å². The monoisotopic (exact) mass is 339 g/mol. The second kappa shape index (κ2) is 6.45. The highest BCUT2D eigenvalue weighted by Crippen LogP contribution is 2.34. The van der Waals surface area contributed by atoms with Crippen LogP contribution in [0.4, 0.5) is 4.39 Å². The van der Waals surface area contributed by atoms with Crippen LogP contribution in [0, 0.1) is 0 Å². The highest BCUT2D eigenvalue weighted by molar-refractivity contribution is 9.11. The first kappa shape index (κ1) is 12.9. The number of ether oxygens (including phenoxy) is 1. The molecule has 0 unspecified atom stereocenters. The lowest BCUT2D eigenvalue weighted by atomic mass is 10.2. The Morgan fingerprint density at radius 3 is 2.40 bits per heavy atom. The van der Waals surface area contributed by atoms with Crippen molar-refractivity contribution in [2.24, 2.45) is 0 Å². The Labute approximate surface area is 105 Å². The number of benzene rings is 1. The Morgan fingerprint density at radius 2 is 1.93 bits per heavy atom. The molecule has 1 N–H and O–H groups in total. The summed E-state index contributed by atoms with van der Waals surface area (Å²) < 4.78 is 18.9. The zero-order valence-electron chi connectivity index (χ0n) is 8.32. The number of nitrogens with one attached hydrogen (secondary N) is 1. The lowest BCUT2D eigenvalue weighted by Crippen LogP contribution is -2.06.